The van der Waals surface area contributed by atoms with Crippen LogP contribution in [-0.4, -0.2) is 65.9 Å². The standard InChI is InChI=1S/C21H21N7O7S2/c1-10(2)35-25-14(16-24-21(22)37-26-16)17(29)23-15-18(30)27-13(7-8-36-19(15)27)20(31)34-9-11-3-5-12(6-4-11)28(32)33/h3-7,10,15,19H,8-9H2,1-2H3,(H,23,29)(H2,22,24,26)/t15?,19-/m1/s1. The van der Waals surface area contributed by atoms with Crippen LogP contribution >= 0.6 is 23.3 Å². The Balaban J connectivity index is 1.40. The predicted octanol–water partition coefficient (Wildman–Crippen LogP) is 1.18. The zero-order chi connectivity index (χ0) is 26.7. The summed E-state index contributed by atoms with van der Waals surface area (Å²) in [6.45, 7) is 3.32. The molecule has 1 aromatic heterocycles. The van der Waals surface area contributed by atoms with E-state index in [9.17, 15) is 24.5 Å². The molecule has 2 aliphatic heterocycles. The number of hydrogen-bond acceptors (Lipinski definition) is 13. The normalized spacial score (nSPS) is 19.0. The van der Waals surface area contributed by atoms with Gasteiger partial charge in [-0.1, -0.05) is 5.16 Å². The number of β-lactam (4-membered cyclic amide) rings is 1. The van der Waals surface area contributed by atoms with Crippen LogP contribution in [0.15, 0.2) is 41.2 Å². The number of rotatable bonds is 9. The van der Waals surface area contributed by atoms with Crippen molar-refractivity contribution in [1.82, 2.24) is 19.6 Å². The van der Waals surface area contributed by atoms with Crippen LogP contribution in [0.3, 0.4) is 0 Å². The number of nitrogens with two attached hydrogens (primary N) is 1. The highest BCUT2D eigenvalue weighted by Gasteiger charge is 2.53. The number of benzene rings is 1. The van der Waals surface area contributed by atoms with E-state index in [0.29, 0.717) is 11.3 Å². The Labute approximate surface area is 218 Å². The fourth-order valence-corrected chi connectivity index (χ4v) is 4.98. The molecule has 0 bridgehead atoms. The molecule has 3 N–H and O–H groups in total. The van der Waals surface area contributed by atoms with Crippen molar-refractivity contribution in [2.45, 2.75) is 38.0 Å². The first-order valence-corrected chi connectivity index (χ1v) is 12.7. The zero-order valence-electron chi connectivity index (χ0n) is 19.5. The van der Waals surface area contributed by atoms with Gasteiger partial charge in [0.15, 0.2) is 5.13 Å². The molecule has 14 nitrogen and oxygen atoms in total. The number of hydrogen-bond donors (Lipinski definition) is 2. The van der Waals surface area contributed by atoms with Crippen LogP contribution in [0.5, 0.6) is 0 Å². The van der Waals surface area contributed by atoms with Crippen LogP contribution in [-0.2, 0) is 30.6 Å². The maximum Gasteiger partial charge on any atom is 0.355 e. The van der Waals surface area contributed by atoms with E-state index in [4.69, 9.17) is 15.3 Å². The number of nitrogens with zero attached hydrogens (tertiary/aromatic N) is 5. The van der Waals surface area contributed by atoms with Gasteiger partial charge in [0.1, 0.15) is 29.8 Å². The summed E-state index contributed by atoms with van der Waals surface area (Å²) in [5.74, 6) is -1.58. The van der Waals surface area contributed by atoms with Gasteiger partial charge in [0.05, 0.1) is 4.92 Å². The smallest absolute Gasteiger partial charge is 0.355 e. The molecule has 1 aromatic carbocycles. The van der Waals surface area contributed by atoms with Crippen LogP contribution < -0.4 is 11.1 Å². The number of thioether (sulfide) groups is 1. The minimum absolute atomic E-state index is 0.0315. The van der Waals surface area contributed by atoms with Crippen molar-refractivity contribution >= 4 is 57.6 Å². The molecule has 3 heterocycles. The third kappa shape index (κ3) is 5.69. The monoisotopic (exact) mass is 547 g/mol. The first kappa shape index (κ1) is 26.0. The lowest BCUT2D eigenvalue weighted by atomic mass is 10.0. The number of nitrogen functional groups attached to an aromatic ring is 1. The second kappa shape index (κ2) is 10.9. The molecule has 2 amide bonds. The highest BCUT2D eigenvalue weighted by Crippen LogP contribution is 2.38. The first-order chi connectivity index (χ1) is 17.7. The number of non-ortho nitro benzene ring substituents is 1. The number of fused-ring (bicyclic) bond motifs is 1. The van der Waals surface area contributed by atoms with Crippen molar-refractivity contribution in [2.24, 2.45) is 5.16 Å². The minimum atomic E-state index is -0.927. The van der Waals surface area contributed by atoms with E-state index >= 15 is 0 Å². The summed E-state index contributed by atoms with van der Waals surface area (Å²) in [5.41, 5.74) is 5.92. The summed E-state index contributed by atoms with van der Waals surface area (Å²) in [7, 11) is 0. The maximum atomic E-state index is 13.0. The molecule has 2 aromatic rings. The summed E-state index contributed by atoms with van der Waals surface area (Å²) in [5, 5.41) is 16.8. The second-order valence-electron chi connectivity index (χ2n) is 8.02. The van der Waals surface area contributed by atoms with Gasteiger partial charge in [0, 0.05) is 29.4 Å². The van der Waals surface area contributed by atoms with E-state index < -0.39 is 34.1 Å². The molecular weight excluding hydrogens is 526 g/mol. The second-order valence-corrected chi connectivity index (χ2v) is 9.96. The van der Waals surface area contributed by atoms with Crippen molar-refractivity contribution in [3.05, 3.63) is 57.5 Å². The Hall–Kier alpha value is -4.05. The summed E-state index contributed by atoms with van der Waals surface area (Å²) >= 11 is 2.24. The number of esters is 1. The highest BCUT2D eigenvalue weighted by atomic mass is 32.2. The van der Waals surface area contributed by atoms with Crippen LogP contribution in [0.2, 0.25) is 0 Å². The average molecular weight is 548 g/mol. The third-order valence-electron chi connectivity index (χ3n) is 5.08. The quantitative estimate of drug-likeness (QED) is 0.151. The average Bonchev–Trinajstić information content (AvgIpc) is 3.30. The molecule has 0 saturated carbocycles. The summed E-state index contributed by atoms with van der Waals surface area (Å²) < 4.78 is 9.30. The molecule has 0 aliphatic carbocycles. The van der Waals surface area contributed by atoms with Crippen LogP contribution in [0, 0.1) is 10.1 Å². The van der Waals surface area contributed by atoms with Crippen molar-refractivity contribution in [2.75, 3.05) is 11.5 Å². The van der Waals surface area contributed by atoms with E-state index in [2.05, 4.69) is 19.8 Å². The van der Waals surface area contributed by atoms with Gasteiger partial charge in [-0.05, 0) is 37.6 Å². The molecule has 4 rings (SSSR count). The van der Waals surface area contributed by atoms with Gasteiger partial charge in [-0.3, -0.25) is 24.6 Å². The molecule has 0 radical (unpaired) electrons. The van der Waals surface area contributed by atoms with Gasteiger partial charge in [0.2, 0.25) is 11.5 Å². The minimum Gasteiger partial charge on any atom is -0.456 e. The van der Waals surface area contributed by atoms with Crippen LogP contribution in [0.1, 0.15) is 25.2 Å². The third-order valence-corrected chi connectivity index (χ3v) is 6.81. The molecule has 37 heavy (non-hydrogen) atoms. The number of carbonyl (C=O) groups excluding carboxylic acids is 3. The number of nitro groups is 1. The Morgan fingerprint density at radius 2 is 2.08 bits per heavy atom. The van der Waals surface area contributed by atoms with Crippen molar-refractivity contribution < 1.29 is 28.9 Å². The Morgan fingerprint density at radius 3 is 2.70 bits per heavy atom. The summed E-state index contributed by atoms with van der Waals surface area (Å²) in [6, 6.07) is 4.64. The van der Waals surface area contributed by atoms with Crippen LogP contribution in [0.4, 0.5) is 10.8 Å². The number of anilines is 1. The Kier molecular flexibility index (Phi) is 7.68. The van der Waals surface area contributed by atoms with E-state index in [1.54, 1.807) is 19.9 Å². The van der Waals surface area contributed by atoms with Gasteiger partial charge in [-0.25, -0.2) is 4.79 Å². The van der Waals surface area contributed by atoms with Gasteiger partial charge in [-0.2, -0.15) is 9.36 Å². The summed E-state index contributed by atoms with van der Waals surface area (Å²) in [6.07, 6.45) is 1.25. The van der Waals surface area contributed by atoms with Gasteiger partial charge in [-0.15, -0.1) is 11.8 Å². The molecule has 16 heteroatoms. The predicted molar refractivity (Wildman–Crippen MR) is 133 cm³/mol. The van der Waals surface area contributed by atoms with Crippen LogP contribution in [0.25, 0.3) is 0 Å². The van der Waals surface area contributed by atoms with Crippen molar-refractivity contribution in [1.29, 1.82) is 0 Å². The largest absolute Gasteiger partial charge is 0.456 e. The SMILES string of the molecule is CC(C)ON=C(C(=O)NC1C(=O)N2C(C(=O)OCc3ccc([N+](=O)[O-])cc3)=CCS[C@H]12)c1nsc(N)n1. The Bertz CT molecular complexity index is 1290. The van der Waals surface area contributed by atoms with Crippen molar-refractivity contribution in [3.8, 4) is 0 Å². The van der Waals surface area contributed by atoms with E-state index in [-0.39, 0.29) is 40.8 Å². The number of nitro benzene ring substituents is 1. The van der Waals surface area contributed by atoms with Gasteiger partial charge in [0.25, 0.3) is 17.5 Å². The number of amides is 2. The summed E-state index contributed by atoms with van der Waals surface area (Å²) in [4.78, 5) is 59.3. The Morgan fingerprint density at radius 1 is 1.35 bits per heavy atom. The lowest BCUT2D eigenvalue weighted by molar-refractivity contribution is -0.384. The molecule has 2 aliphatic rings. The van der Waals surface area contributed by atoms with E-state index in [1.807, 2.05) is 0 Å². The van der Waals surface area contributed by atoms with E-state index in [1.165, 1.54) is 40.9 Å². The molecular formula is C21H21N7O7S2. The fourth-order valence-electron chi connectivity index (χ4n) is 3.35. The molecule has 1 saturated heterocycles. The molecule has 0 spiro atoms. The molecule has 194 valence electrons. The number of aromatic nitrogens is 2. The lowest BCUT2D eigenvalue weighted by Crippen LogP contribution is -2.70. The maximum absolute atomic E-state index is 13.0. The van der Waals surface area contributed by atoms with Gasteiger partial charge < -0.3 is 20.6 Å². The number of oxime groups is 1. The fraction of sp³-hybridized carbons (Fsp3) is 0.333. The number of nitrogens with one attached hydrogen (secondary N) is 1. The highest BCUT2D eigenvalue weighted by molar-refractivity contribution is 8.00. The van der Waals surface area contributed by atoms with E-state index in [0.717, 1.165) is 11.5 Å². The molecule has 2 atom stereocenters. The van der Waals surface area contributed by atoms with Crippen molar-refractivity contribution in [3.63, 3.8) is 0 Å². The first-order valence-electron chi connectivity index (χ1n) is 10.8. The van der Waals surface area contributed by atoms with Gasteiger partial charge >= 0.3 is 5.97 Å². The molecule has 1 fully saturated rings. The zero-order valence-corrected chi connectivity index (χ0v) is 21.2. The topological polar surface area (TPSA) is 192 Å². The molecule has 1 unspecified atom stereocenters. The number of carbonyl (C=O) groups is 3. The lowest BCUT2D eigenvalue weighted by Gasteiger charge is -2.48. The number of ether oxygens (including phenoxy) is 1.